The molecule has 0 amide bonds. The molecule has 0 atom stereocenters. The van der Waals surface area contributed by atoms with Crippen LogP contribution in [0.2, 0.25) is 0 Å². The lowest BCUT2D eigenvalue weighted by Crippen LogP contribution is -2.12. The summed E-state index contributed by atoms with van der Waals surface area (Å²) in [5.41, 5.74) is 2.15. The summed E-state index contributed by atoms with van der Waals surface area (Å²) < 4.78 is 0.994. The fraction of sp³-hybridized carbons (Fsp3) is 0.167. The summed E-state index contributed by atoms with van der Waals surface area (Å²) in [5.74, 6) is 0.941. The number of hydrogen-bond acceptors (Lipinski definition) is 3. The molecule has 0 bridgehead atoms. The van der Waals surface area contributed by atoms with E-state index in [1.807, 2.05) is 37.2 Å². The number of anilines is 2. The second-order valence-corrected chi connectivity index (χ2v) is 4.48. The van der Waals surface area contributed by atoms with Crippen molar-refractivity contribution in [1.29, 1.82) is 0 Å². The summed E-state index contributed by atoms with van der Waals surface area (Å²) in [6, 6.07) is 5.98. The maximum absolute atomic E-state index is 4.41. The number of aromatic nitrogens is 2. The molecule has 82 valence electrons. The van der Waals surface area contributed by atoms with Crippen molar-refractivity contribution in [1.82, 2.24) is 9.97 Å². The molecule has 2 aromatic rings. The summed E-state index contributed by atoms with van der Waals surface area (Å²) in [5, 5.41) is 0. The SMILES string of the molecule is Cc1cc(Br)cnc1N(C)c1cccnc1. The first-order chi connectivity index (χ1) is 7.68. The van der Waals surface area contributed by atoms with Crippen molar-refractivity contribution in [2.45, 2.75) is 6.92 Å². The lowest BCUT2D eigenvalue weighted by molar-refractivity contribution is 1.09. The Morgan fingerprint density at radius 3 is 2.75 bits per heavy atom. The predicted molar refractivity (Wildman–Crippen MR) is 69.0 cm³/mol. The summed E-state index contributed by atoms with van der Waals surface area (Å²) >= 11 is 3.41. The van der Waals surface area contributed by atoms with Gasteiger partial charge in [0.1, 0.15) is 5.82 Å². The van der Waals surface area contributed by atoms with Crippen LogP contribution in [0.4, 0.5) is 11.5 Å². The third-order valence-corrected chi connectivity index (χ3v) is 2.80. The molecule has 0 aromatic carbocycles. The first-order valence-electron chi connectivity index (χ1n) is 4.94. The van der Waals surface area contributed by atoms with Gasteiger partial charge in [-0.15, -0.1) is 0 Å². The second kappa shape index (κ2) is 4.61. The van der Waals surface area contributed by atoms with Crippen LogP contribution in [-0.4, -0.2) is 17.0 Å². The topological polar surface area (TPSA) is 29.0 Å². The van der Waals surface area contributed by atoms with E-state index in [0.29, 0.717) is 0 Å². The van der Waals surface area contributed by atoms with Gasteiger partial charge in [0.05, 0.1) is 11.9 Å². The van der Waals surface area contributed by atoms with Crippen LogP contribution in [-0.2, 0) is 0 Å². The Hall–Kier alpha value is -1.42. The van der Waals surface area contributed by atoms with Crippen LogP contribution in [0.15, 0.2) is 41.3 Å². The van der Waals surface area contributed by atoms with Crippen molar-refractivity contribution in [2.24, 2.45) is 0 Å². The van der Waals surface area contributed by atoms with Crippen LogP contribution >= 0.6 is 15.9 Å². The normalized spacial score (nSPS) is 10.2. The molecule has 0 unspecified atom stereocenters. The zero-order chi connectivity index (χ0) is 11.5. The van der Waals surface area contributed by atoms with E-state index >= 15 is 0 Å². The standard InChI is InChI=1S/C12H12BrN3/c1-9-6-10(13)7-15-12(9)16(2)11-4-3-5-14-8-11/h3-8H,1-2H3. The molecule has 2 heterocycles. The van der Waals surface area contributed by atoms with Crippen LogP contribution in [0, 0.1) is 6.92 Å². The average Bonchev–Trinajstić information content (AvgIpc) is 2.29. The van der Waals surface area contributed by atoms with Crippen LogP contribution in [0.5, 0.6) is 0 Å². The maximum Gasteiger partial charge on any atom is 0.135 e. The van der Waals surface area contributed by atoms with Gasteiger partial charge in [0, 0.05) is 23.9 Å². The van der Waals surface area contributed by atoms with Crippen molar-refractivity contribution in [2.75, 3.05) is 11.9 Å². The van der Waals surface area contributed by atoms with Gasteiger partial charge < -0.3 is 4.90 Å². The highest BCUT2D eigenvalue weighted by molar-refractivity contribution is 9.10. The first-order valence-corrected chi connectivity index (χ1v) is 5.73. The number of hydrogen-bond donors (Lipinski definition) is 0. The van der Waals surface area contributed by atoms with Crippen molar-refractivity contribution >= 4 is 27.4 Å². The van der Waals surface area contributed by atoms with Gasteiger partial charge in [-0.2, -0.15) is 0 Å². The highest BCUT2D eigenvalue weighted by Gasteiger charge is 2.08. The smallest absolute Gasteiger partial charge is 0.135 e. The van der Waals surface area contributed by atoms with E-state index in [0.717, 1.165) is 21.5 Å². The van der Waals surface area contributed by atoms with Gasteiger partial charge in [-0.25, -0.2) is 4.98 Å². The molecule has 4 heteroatoms. The predicted octanol–water partition coefficient (Wildman–Crippen LogP) is 3.32. The number of aryl methyl sites for hydroxylation is 1. The van der Waals surface area contributed by atoms with Gasteiger partial charge in [0.2, 0.25) is 0 Å². The van der Waals surface area contributed by atoms with Gasteiger partial charge in [0.25, 0.3) is 0 Å². The van der Waals surface area contributed by atoms with Crippen LogP contribution in [0.3, 0.4) is 0 Å². The molecule has 0 aliphatic carbocycles. The fourth-order valence-corrected chi connectivity index (χ4v) is 2.00. The monoisotopic (exact) mass is 277 g/mol. The lowest BCUT2D eigenvalue weighted by atomic mass is 10.2. The summed E-state index contributed by atoms with van der Waals surface area (Å²) in [6.45, 7) is 2.04. The lowest BCUT2D eigenvalue weighted by Gasteiger charge is -2.19. The highest BCUT2D eigenvalue weighted by Crippen LogP contribution is 2.25. The Morgan fingerprint density at radius 1 is 1.31 bits per heavy atom. The highest BCUT2D eigenvalue weighted by atomic mass is 79.9. The Morgan fingerprint density at radius 2 is 2.12 bits per heavy atom. The quantitative estimate of drug-likeness (QED) is 0.843. The minimum Gasteiger partial charge on any atom is -0.328 e. The fourth-order valence-electron chi connectivity index (χ4n) is 1.56. The number of pyridine rings is 2. The van der Waals surface area contributed by atoms with E-state index in [1.54, 1.807) is 12.4 Å². The van der Waals surface area contributed by atoms with Crippen molar-refractivity contribution < 1.29 is 0 Å². The third-order valence-electron chi connectivity index (χ3n) is 2.37. The molecule has 0 fully saturated rings. The van der Waals surface area contributed by atoms with Crippen molar-refractivity contribution in [3.8, 4) is 0 Å². The van der Waals surface area contributed by atoms with E-state index in [9.17, 15) is 0 Å². The zero-order valence-electron chi connectivity index (χ0n) is 9.18. The van der Waals surface area contributed by atoms with E-state index in [2.05, 4.69) is 32.0 Å². The van der Waals surface area contributed by atoms with Gasteiger partial charge >= 0.3 is 0 Å². The molecule has 2 aromatic heterocycles. The third kappa shape index (κ3) is 2.22. The zero-order valence-corrected chi connectivity index (χ0v) is 10.8. The number of nitrogens with zero attached hydrogens (tertiary/aromatic N) is 3. The van der Waals surface area contributed by atoms with E-state index in [4.69, 9.17) is 0 Å². The molecular formula is C12H12BrN3. The molecule has 0 aliphatic rings. The number of halogens is 1. The van der Waals surface area contributed by atoms with Gasteiger partial charge in [-0.1, -0.05) is 0 Å². The van der Waals surface area contributed by atoms with Gasteiger partial charge in [0.15, 0.2) is 0 Å². The minimum atomic E-state index is 0.941. The first kappa shape index (κ1) is 11.1. The molecule has 3 nitrogen and oxygen atoms in total. The molecule has 0 aliphatic heterocycles. The Balaban J connectivity index is 2.38. The Labute approximate surface area is 103 Å². The summed E-state index contributed by atoms with van der Waals surface area (Å²) in [4.78, 5) is 10.5. The molecule has 0 radical (unpaired) electrons. The second-order valence-electron chi connectivity index (χ2n) is 3.56. The van der Waals surface area contributed by atoms with Crippen LogP contribution in [0.1, 0.15) is 5.56 Å². The molecule has 16 heavy (non-hydrogen) atoms. The minimum absolute atomic E-state index is 0.941. The largest absolute Gasteiger partial charge is 0.328 e. The Bertz CT molecular complexity index is 485. The maximum atomic E-state index is 4.41. The molecule has 0 N–H and O–H groups in total. The summed E-state index contributed by atoms with van der Waals surface area (Å²) in [7, 11) is 1.99. The van der Waals surface area contributed by atoms with Crippen molar-refractivity contribution in [3.63, 3.8) is 0 Å². The molecule has 0 saturated heterocycles. The molecule has 0 saturated carbocycles. The van der Waals surface area contributed by atoms with E-state index in [1.165, 1.54) is 0 Å². The van der Waals surface area contributed by atoms with E-state index < -0.39 is 0 Å². The molecule has 2 rings (SSSR count). The van der Waals surface area contributed by atoms with Gasteiger partial charge in [-0.05, 0) is 46.6 Å². The van der Waals surface area contributed by atoms with Gasteiger partial charge in [-0.3, -0.25) is 4.98 Å². The number of rotatable bonds is 2. The molecule has 0 spiro atoms. The van der Waals surface area contributed by atoms with E-state index in [-0.39, 0.29) is 0 Å². The van der Waals surface area contributed by atoms with Crippen LogP contribution < -0.4 is 4.90 Å². The van der Waals surface area contributed by atoms with Crippen LogP contribution in [0.25, 0.3) is 0 Å². The molecular weight excluding hydrogens is 266 g/mol. The summed E-state index contributed by atoms with van der Waals surface area (Å²) in [6.07, 6.45) is 5.39. The average molecular weight is 278 g/mol. The van der Waals surface area contributed by atoms with Crippen molar-refractivity contribution in [3.05, 3.63) is 46.8 Å². The Kier molecular flexibility index (Phi) is 3.19.